The highest BCUT2D eigenvalue weighted by atomic mass is 19.4. The molecule has 0 atom stereocenters. The van der Waals surface area contributed by atoms with E-state index in [-0.39, 0.29) is 12.1 Å². The zero-order valence-corrected chi connectivity index (χ0v) is 15.5. The smallest absolute Gasteiger partial charge is 0.423 e. The molecule has 1 fully saturated rings. The topological polar surface area (TPSA) is 62.0 Å². The van der Waals surface area contributed by atoms with Gasteiger partial charge in [-0.25, -0.2) is 4.98 Å². The van der Waals surface area contributed by atoms with Gasteiger partial charge in [0.15, 0.2) is 0 Å². The van der Waals surface area contributed by atoms with Gasteiger partial charge in [0, 0.05) is 18.4 Å². The maximum absolute atomic E-state index is 13.4. The number of alkyl halides is 3. The lowest BCUT2D eigenvalue weighted by molar-refractivity contribution is -0.140. The second-order valence-electron chi connectivity index (χ2n) is 6.67. The molecule has 1 aromatic heterocycles. The van der Waals surface area contributed by atoms with Gasteiger partial charge in [-0.05, 0) is 56.9 Å². The van der Waals surface area contributed by atoms with Gasteiger partial charge < -0.3 is 9.64 Å². The maximum Gasteiger partial charge on any atom is 0.423 e. The highest BCUT2D eigenvalue weighted by molar-refractivity contribution is 5.59. The molecule has 0 spiro atoms. The third kappa shape index (κ3) is 4.53. The first-order valence-corrected chi connectivity index (χ1v) is 9.31. The summed E-state index contributed by atoms with van der Waals surface area (Å²) in [7, 11) is 0. The van der Waals surface area contributed by atoms with Crippen LogP contribution in [0.1, 0.15) is 50.2 Å². The van der Waals surface area contributed by atoms with Crippen LogP contribution in [0.3, 0.4) is 0 Å². The summed E-state index contributed by atoms with van der Waals surface area (Å²) < 4.78 is 45.9. The van der Waals surface area contributed by atoms with E-state index >= 15 is 0 Å². The van der Waals surface area contributed by atoms with Crippen LogP contribution in [0.25, 0.3) is 0 Å². The summed E-state index contributed by atoms with van der Waals surface area (Å²) in [4.78, 5) is 9.75. The van der Waals surface area contributed by atoms with Gasteiger partial charge in [0.25, 0.3) is 0 Å². The van der Waals surface area contributed by atoms with Gasteiger partial charge in [-0.1, -0.05) is 6.42 Å². The minimum atomic E-state index is -4.59. The van der Waals surface area contributed by atoms with E-state index in [0.29, 0.717) is 17.8 Å². The lowest BCUT2D eigenvalue weighted by atomic mass is 9.98. The first kappa shape index (κ1) is 19.9. The van der Waals surface area contributed by atoms with Crippen LogP contribution in [0.4, 0.5) is 24.8 Å². The Kier molecular flexibility index (Phi) is 6.02. The predicted octanol–water partition coefficient (Wildman–Crippen LogP) is 5.24. The van der Waals surface area contributed by atoms with Gasteiger partial charge in [-0.3, -0.25) is 0 Å². The van der Waals surface area contributed by atoms with E-state index < -0.39 is 17.6 Å². The van der Waals surface area contributed by atoms with Crippen LogP contribution >= 0.6 is 0 Å². The van der Waals surface area contributed by atoms with E-state index in [1.54, 1.807) is 29.2 Å². The summed E-state index contributed by atoms with van der Waals surface area (Å²) in [6.07, 6.45) is 0.340. The Labute approximate surface area is 161 Å². The van der Waals surface area contributed by atoms with Crippen molar-refractivity contribution in [1.29, 1.82) is 5.26 Å². The lowest BCUT2D eigenvalue weighted by Gasteiger charge is -2.26. The molecule has 5 nitrogen and oxygen atoms in total. The van der Waals surface area contributed by atoms with Crippen LogP contribution in [0.2, 0.25) is 0 Å². The van der Waals surface area contributed by atoms with Gasteiger partial charge in [0.05, 0.1) is 11.6 Å². The lowest BCUT2D eigenvalue weighted by Crippen LogP contribution is -2.24. The molecule has 2 aromatic rings. The normalized spacial score (nSPS) is 15.1. The first-order chi connectivity index (χ1) is 13.4. The van der Waals surface area contributed by atoms with E-state index in [2.05, 4.69) is 9.97 Å². The maximum atomic E-state index is 13.4. The molecule has 148 valence electrons. The van der Waals surface area contributed by atoms with E-state index in [1.807, 2.05) is 13.0 Å². The average Bonchev–Trinajstić information content (AvgIpc) is 2.69. The van der Waals surface area contributed by atoms with Crippen molar-refractivity contribution in [2.45, 2.75) is 51.3 Å². The van der Waals surface area contributed by atoms with Crippen molar-refractivity contribution in [2.75, 3.05) is 11.4 Å². The van der Waals surface area contributed by atoms with Crippen molar-refractivity contribution in [3.63, 3.8) is 0 Å². The highest BCUT2D eigenvalue weighted by Crippen LogP contribution is 2.37. The minimum Gasteiger partial charge on any atom is -0.474 e. The number of rotatable bonds is 5. The second-order valence-corrected chi connectivity index (χ2v) is 6.67. The summed E-state index contributed by atoms with van der Waals surface area (Å²) in [5.41, 5.74) is 0.219. The van der Waals surface area contributed by atoms with Gasteiger partial charge >= 0.3 is 6.18 Å². The SMILES string of the molecule is CCN(c1ccc(C#N)cc1)c1ncc(C(F)(F)F)c(OC2CCCCC2)n1. The number of nitrogens with zero attached hydrogens (tertiary/aromatic N) is 4. The number of benzene rings is 1. The number of aromatic nitrogens is 2. The van der Waals surface area contributed by atoms with Crippen LogP contribution in [-0.4, -0.2) is 22.6 Å². The Morgan fingerprint density at radius 1 is 1.18 bits per heavy atom. The Hall–Kier alpha value is -2.82. The molecule has 0 amide bonds. The molecule has 3 rings (SSSR count). The zero-order chi connectivity index (χ0) is 20.1. The largest absolute Gasteiger partial charge is 0.474 e. The standard InChI is InChI=1S/C20H21F3N4O/c1-2-27(15-10-8-14(12-24)9-11-15)19-25-13-17(20(21,22)23)18(26-19)28-16-6-4-3-5-7-16/h8-11,13,16H,2-7H2,1H3. The number of halogens is 3. The van der Waals surface area contributed by atoms with Gasteiger partial charge in [0.1, 0.15) is 11.7 Å². The molecule has 1 saturated carbocycles. The zero-order valence-electron chi connectivity index (χ0n) is 15.5. The van der Waals surface area contributed by atoms with Crippen LogP contribution in [0.15, 0.2) is 30.5 Å². The molecule has 28 heavy (non-hydrogen) atoms. The number of anilines is 2. The Balaban J connectivity index is 1.95. The summed E-state index contributed by atoms with van der Waals surface area (Å²) in [6, 6.07) is 8.74. The Morgan fingerprint density at radius 3 is 2.43 bits per heavy atom. The number of ether oxygens (including phenoxy) is 1. The minimum absolute atomic E-state index is 0.131. The fourth-order valence-electron chi connectivity index (χ4n) is 3.27. The van der Waals surface area contributed by atoms with Crippen LogP contribution in [0.5, 0.6) is 5.88 Å². The van der Waals surface area contributed by atoms with E-state index in [9.17, 15) is 13.2 Å². The second kappa shape index (κ2) is 8.46. The third-order valence-electron chi connectivity index (χ3n) is 4.74. The first-order valence-electron chi connectivity index (χ1n) is 9.31. The fourth-order valence-corrected chi connectivity index (χ4v) is 3.27. The van der Waals surface area contributed by atoms with Crippen molar-refractivity contribution in [3.05, 3.63) is 41.6 Å². The van der Waals surface area contributed by atoms with Crippen LogP contribution in [0, 0.1) is 11.3 Å². The highest BCUT2D eigenvalue weighted by Gasteiger charge is 2.37. The molecular formula is C20H21F3N4O. The third-order valence-corrected chi connectivity index (χ3v) is 4.74. The molecule has 0 unspecified atom stereocenters. The summed E-state index contributed by atoms with van der Waals surface area (Å²) in [5.74, 6) is -0.289. The molecular weight excluding hydrogens is 369 g/mol. The quantitative estimate of drug-likeness (QED) is 0.699. The number of hydrogen-bond acceptors (Lipinski definition) is 5. The Morgan fingerprint density at radius 2 is 1.86 bits per heavy atom. The molecule has 0 radical (unpaired) electrons. The van der Waals surface area contributed by atoms with Crippen molar-refractivity contribution in [1.82, 2.24) is 9.97 Å². The number of nitriles is 1. The fraction of sp³-hybridized carbons (Fsp3) is 0.450. The molecule has 0 saturated heterocycles. The van der Waals surface area contributed by atoms with E-state index in [1.165, 1.54) is 0 Å². The van der Waals surface area contributed by atoms with Crippen LogP contribution < -0.4 is 9.64 Å². The van der Waals surface area contributed by atoms with Gasteiger partial charge in [0.2, 0.25) is 11.8 Å². The Bertz CT molecular complexity index is 840. The molecule has 1 aromatic carbocycles. The summed E-state index contributed by atoms with van der Waals surface area (Å²) in [5, 5.41) is 8.93. The molecule has 1 aliphatic rings. The van der Waals surface area contributed by atoms with Gasteiger partial charge in [-0.2, -0.15) is 23.4 Å². The molecule has 0 N–H and O–H groups in total. The van der Waals surface area contributed by atoms with Gasteiger partial charge in [-0.15, -0.1) is 0 Å². The molecule has 8 heteroatoms. The van der Waals surface area contributed by atoms with Crippen molar-refractivity contribution < 1.29 is 17.9 Å². The predicted molar refractivity (Wildman–Crippen MR) is 98.4 cm³/mol. The van der Waals surface area contributed by atoms with Crippen molar-refractivity contribution in [3.8, 4) is 11.9 Å². The molecule has 0 aliphatic heterocycles. The van der Waals surface area contributed by atoms with Crippen molar-refractivity contribution >= 4 is 11.6 Å². The monoisotopic (exact) mass is 390 g/mol. The average molecular weight is 390 g/mol. The van der Waals surface area contributed by atoms with E-state index in [0.717, 1.165) is 38.3 Å². The summed E-state index contributed by atoms with van der Waals surface area (Å²) >= 11 is 0. The summed E-state index contributed by atoms with van der Waals surface area (Å²) in [6.45, 7) is 2.29. The molecule has 1 aliphatic carbocycles. The number of hydrogen-bond donors (Lipinski definition) is 0. The van der Waals surface area contributed by atoms with Crippen LogP contribution in [-0.2, 0) is 6.18 Å². The van der Waals surface area contributed by atoms with Crippen molar-refractivity contribution in [2.24, 2.45) is 0 Å². The van der Waals surface area contributed by atoms with E-state index in [4.69, 9.17) is 10.00 Å². The molecule has 1 heterocycles. The molecule has 0 bridgehead atoms.